The lowest BCUT2D eigenvalue weighted by Crippen LogP contribution is -2.56. The van der Waals surface area contributed by atoms with Crippen molar-refractivity contribution in [2.45, 2.75) is 26.8 Å². The van der Waals surface area contributed by atoms with E-state index >= 15 is 0 Å². The lowest BCUT2D eigenvalue weighted by molar-refractivity contribution is 0.254. The molecule has 1 aromatic carbocycles. The molecule has 0 radical (unpaired) electrons. The van der Waals surface area contributed by atoms with Crippen LogP contribution in [-0.4, -0.2) is 25.7 Å². The third-order valence-electron chi connectivity index (χ3n) is 3.47. The van der Waals surface area contributed by atoms with E-state index in [1.807, 2.05) is 18.2 Å². The minimum absolute atomic E-state index is 0.268. The van der Waals surface area contributed by atoms with Gasteiger partial charge in [0.05, 0.1) is 5.69 Å². The van der Waals surface area contributed by atoms with E-state index in [9.17, 15) is 0 Å². The molecule has 4 heteroatoms. The topological polar surface area (TPSA) is 15.3 Å². The van der Waals surface area contributed by atoms with Gasteiger partial charge in [-0.2, -0.15) is 0 Å². The van der Waals surface area contributed by atoms with E-state index in [4.69, 9.17) is 11.6 Å². The molecule has 0 saturated carbocycles. The van der Waals surface area contributed by atoms with Gasteiger partial charge in [0.25, 0.3) is 0 Å². The summed E-state index contributed by atoms with van der Waals surface area (Å²) < 4.78 is 1.11. The quantitative estimate of drug-likeness (QED) is 0.839. The molecule has 2 nitrogen and oxygen atoms in total. The van der Waals surface area contributed by atoms with Gasteiger partial charge >= 0.3 is 0 Å². The van der Waals surface area contributed by atoms with E-state index in [-0.39, 0.29) is 5.41 Å². The number of piperazine rings is 1. The predicted octanol–water partition coefficient (Wildman–Crippen LogP) is 3.93. The van der Waals surface area contributed by atoms with Crippen molar-refractivity contribution in [2.24, 2.45) is 5.41 Å². The zero-order valence-electron chi connectivity index (χ0n) is 11.1. The second kappa shape index (κ2) is 5.40. The van der Waals surface area contributed by atoms with Gasteiger partial charge in [-0.25, -0.2) is 0 Å². The van der Waals surface area contributed by atoms with E-state index in [2.05, 4.69) is 46.9 Å². The van der Waals surface area contributed by atoms with Gasteiger partial charge in [-0.05, 0) is 39.5 Å². The summed E-state index contributed by atoms with van der Waals surface area (Å²) in [5, 5.41) is 4.39. The van der Waals surface area contributed by atoms with Crippen LogP contribution >= 0.6 is 27.5 Å². The SMILES string of the molecule is CC(C)(C)C1CN(c2cc(Cl)ccc2Br)CCN1. The highest BCUT2D eigenvalue weighted by atomic mass is 79.9. The van der Waals surface area contributed by atoms with Gasteiger partial charge in [-0.3, -0.25) is 0 Å². The summed E-state index contributed by atoms with van der Waals surface area (Å²) in [4.78, 5) is 2.41. The molecule has 1 atom stereocenters. The molecule has 0 amide bonds. The summed E-state index contributed by atoms with van der Waals surface area (Å²) >= 11 is 9.71. The molecule has 1 N–H and O–H groups in total. The van der Waals surface area contributed by atoms with Crippen molar-refractivity contribution in [3.05, 3.63) is 27.7 Å². The van der Waals surface area contributed by atoms with Crippen molar-refractivity contribution in [1.29, 1.82) is 0 Å². The Morgan fingerprint density at radius 2 is 2.11 bits per heavy atom. The van der Waals surface area contributed by atoms with Crippen LogP contribution in [-0.2, 0) is 0 Å². The summed E-state index contributed by atoms with van der Waals surface area (Å²) in [5.74, 6) is 0. The number of halogens is 2. The normalized spacial score (nSPS) is 21.2. The number of nitrogens with zero attached hydrogens (tertiary/aromatic N) is 1. The zero-order valence-corrected chi connectivity index (χ0v) is 13.5. The van der Waals surface area contributed by atoms with E-state index in [0.29, 0.717) is 6.04 Å². The summed E-state index contributed by atoms with van der Waals surface area (Å²) in [7, 11) is 0. The first-order valence-corrected chi connectivity index (χ1v) is 7.48. The van der Waals surface area contributed by atoms with Crippen LogP contribution in [0.15, 0.2) is 22.7 Å². The number of benzene rings is 1. The maximum atomic E-state index is 6.10. The second-order valence-corrected chi connectivity index (χ2v) is 7.21. The Hall–Kier alpha value is -0.250. The highest BCUT2D eigenvalue weighted by Crippen LogP contribution is 2.32. The Morgan fingerprint density at radius 1 is 1.39 bits per heavy atom. The van der Waals surface area contributed by atoms with Crippen LogP contribution in [0.2, 0.25) is 5.02 Å². The van der Waals surface area contributed by atoms with Gasteiger partial charge in [-0.1, -0.05) is 32.4 Å². The number of nitrogens with one attached hydrogen (secondary N) is 1. The van der Waals surface area contributed by atoms with Gasteiger partial charge in [0.2, 0.25) is 0 Å². The van der Waals surface area contributed by atoms with Crippen molar-refractivity contribution in [1.82, 2.24) is 5.32 Å². The molecule has 1 aliphatic rings. The van der Waals surface area contributed by atoms with Crippen LogP contribution in [0.25, 0.3) is 0 Å². The highest BCUT2D eigenvalue weighted by Gasteiger charge is 2.29. The summed E-state index contributed by atoms with van der Waals surface area (Å²) in [6.45, 7) is 9.89. The van der Waals surface area contributed by atoms with Crippen molar-refractivity contribution in [3.63, 3.8) is 0 Å². The highest BCUT2D eigenvalue weighted by molar-refractivity contribution is 9.10. The molecule has 2 rings (SSSR count). The average molecular weight is 332 g/mol. The van der Waals surface area contributed by atoms with Crippen molar-refractivity contribution in [2.75, 3.05) is 24.5 Å². The Balaban J connectivity index is 2.21. The van der Waals surface area contributed by atoms with Gasteiger partial charge in [0.1, 0.15) is 0 Å². The molecular formula is C14H20BrClN2. The van der Waals surface area contributed by atoms with E-state index in [1.165, 1.54) is 5.69 Å². The van der Waals surface area contributed by atoms with Crippen molar-refractivity contribution in [3.8, 4) is 0 Å². The van der Waals surface area contributed by atoms with Gasteiger partial charge in [-0.15, -0.1) is 0 Å². The summed E-state index contributed by atoms with van der Waals surface area (Å²) in [6.07, 6.45) is 0. The first kappa shape index (κ1) is 14.2. The molecule has 0 aromatic heterocycles. The molecule has 0 spiro atoms. The molecule has 1 aromatic rings. The Morgan fingerprint density at radius 3 is 2.78 bits per heavy atom. The lowest BCUT2D eigenvalue weighted by atomic mass is 9.85. The minimum Gasteiger partial charge on any atom is -0.368 e. The monoisotopic (exact) mass is 330 g/mol. The second-order valence-electron chi connectivity index (χ2n) is 5.91. The molecule has 1 fully saturated rings. The van der Waals surface area contributed by atoms with Gasteiger partial charge < -0.3 is 10.2 Å². The molecule has 0 aliphatic carbocycles. The summed E-state index contributed by atoms with van der Waals surface area (Å²) in [6, 6.07) is 6.47. The third-order valence-corrected chi connectivity index (χ3v) is 4.38. The Labute approximate surface area is 123 Å². The Bertz CT molecular complexity index is 428. The molecule has 1 aliphatic heterocycles. The molecule has 18 heavy (non-hydrogen) atoms. The maximum absolute atomic E-state index is 6.10. The van der Waals surface area contributed by atoms with E-state index in [1.54, 1.807) is 0 Å². The van der Waals surface area contributed by atoms with Gasteiger partial charge in [0.15, 0.2) is 0 Å². The van der Waals surface area contributed by atoms with E-state index < -0.39 is 0 Å². The molecule has 1 saturated heterocycles. The average Bonchev–Trinajstić information content (AvgIpc) is 2.31. The zero-order chi connectivity index (χ0) is 13.3. The lowest BCUT2D eigenvalue weighted by Gasteiger charge is -2.41. The van der Waals surface area contributed by atoms with Crippen LogP contribution in [0.4, 0.5) is 5.69 Å². The first-order chi connectivity index (χ1) is 8.38. The number of rotatable bonds is 1. The van der Waals surface area contributed by atoms with E-state index in [0.717, 1.165) is 29.1 Å². The molecule has 1 unspecified atom stereocenters. The molecule has 100 valence electrons. The van der Waals surface area contributed by atoms with Crippen LogP contribution in [0, 0.1) is 5.41 Å². The number of hydrogen-bond donors (Lipinski definition) is 1. The van der Waals surface area contributed by atoms with Crippen molar-refractivity contribution >= 4 is 33.2 Å². The fourth-order valence-electron chi connectivity index (χ4n) is 2.28. The minimum atomic E-state index is 0.268. The predicted molar refractivity (Wildman–Crippen MR) is 82.6 cm³/mol. The fourth-order valence-corrected chi connectivity index (χ4v) is 2.94. The Kier molecular flexibility index (Phi) is 4.25. The molecular weight excluding hydrogens is 312 g/mol. The standard InChI is InChI=1S/C14H20BrClN2/c1-14(2,3)13-9-18(7-6-17-13)12-8-10(16)4-5-11(12)15/h4-5,8,13,17H,6-7,9H2,1-3H3. The number of hydrogen-bond acceptors (Lipinski definition) is 2. The maximum Gasteiger partial charge on any atom is 0.0526 e. The third kappa shape index (κ3) is 3.19. The van der Waals surface area contributed by atoms with Crippen LogP contribution < -0.4 is 10.2 Å². The smallest absolute Gasteiger partial charge is 0.0526 e. The van der Waals surface area contributed by atoms with Crippen LogP contribution in [0.3, 0.4) is 0 Å². The van der Waals surface area contributed by atoms with Gasteiger partial charge in [0, 0.05) is 35.2 Å². The van der Waals surface area contributed by atoms with Crippen LogP contribution in [0.5, 0.6) is 0 Å². The molecule has 0 bridgehead atoms. The van der Waals surface area contributed by atoms with Crippen molar-refractivity contribution < 1.29 is 0 Å². The largest absolute Gasteiger partial charge is 0.368 e. The number of anilines is 1. The molecule has 1 heterocycles. The summed E-state index contributed by atoms with van der Waals surface area (Å²) in [5.41, 5.74) is 1.46. The first-order valence-electron chi connectivity index (χ1n) is 6.31. The van der Waals surface area contributed by atoms with Crippen LogP contribution in [0.1, 0.15) is 20.8 Å². The fraction of sp³-hybridized carbons (Fsp3) is 0.571.